The number of hydrogen-bond donors (Lipinski definition) is 4. The van der Waals surface area contributed by atoms with Gasteiger partial charge in [-0.25, -0.2) is 14.2 Å². The van der Waals surface area contributed by atoms with Crippen LogP contribution in [0.1, 0.15) is 43.5 Å². The highest BCUT2D eigenvalue weighted by Gasteiger charge is 2.53. The molecule has 58 heavy (non-hydrogen) atoms. The largest absolute Gasteiger partial charge is 0.543 e. The van der Waals surface area contributed by atoms with Crippen molar-refractivity contribution in [3.63, 3.8) is 0 Å². The number of carboxylic acids is 2. The van der Waals surface area contributed by atoms with E-state index in [9.17, 15) is 29.4 Å². The van der Waals surface area contributed by atoms with Gasteiger partial charge in [-0.3, -0.25) is 14.5 Å². The molecule has 6 N–H and O–H groups in total. The molecule has 2 aromatic heterocycles. The summed E-state index contributed by atoms with van der Waals surface area (Å²) in [6.45, 7) is 4.82. The summed E-state index contributed by atoms with van der Waals surface area (Å²) in [5, 5.41) is 33.1. The predicted molar refractivity (Wildman–Crippen MR) is 206 cm³/mol. The van der Waals surface area contributed by atoms with Crippen LogP contribution in [-0.2, 0) is 53.2 Å². The molecule has 7 rings (SSSR count). The molecule has 23 heteroatoms. The van der Waals surface area contributed by atoms with Crippen LogP contribution >= 0.6 is 34.7 Å². The number of carboxylic acid groups (broad SMARTS) is 2. The number of ether oxygens (including phenoxy) is 1. The van der Waals surface area contributed by atoms with Crippen molar-refractivity contribution >= 4 is 80.9 Å². The second kappa shape index (κ2) is 16.4. The third-order valence-electron chi connectivity index (χ3n) is 9.87. The van der Waals surface area contributed by atoms with Crippen LogP contribution in [0.15, 0.2) is 51.4 Å². The predicted octanol–water partition coefficient (Wildman–Crippen LogP) is 0.131. The lowest BCUT2D eigenvalue weighted by Crippen LogP contribution is -2.71. The van der Waals surface area contributed by atoms with Crippen LogP contribution in [0.3, 0.4) is 0 Å². The summed E-state index contributed by atoms with van der Waals surface area (Å²) in [5.74, 6) is -4.17. The van der Waals surface area contributed by atoms with Crippen molar-refractivity contribution < 1.29 is 52.9 Å². The first-order valence-electron chi connectivity index (χ1n) is 17.9. The Morgan fingerprint density at radius 3 is 2.67 bits per heavy atom. The van der Waals surface area contributed by atoms with E-state index in [-0.39, 0.29) is 63.5 Å². The van der Waals surface area contributed by atoms with E-state index < -0.39 is 52.3 Å². The maximum atomic E-state index is 15.5. The monoisotopic (exact) mass is 860 g/mol. The highest BCUT2D eigenvalue weighted by Crippen LogP contribution is 2.40. The number of rotatable bonds is 14. The van der Waals surface area contributed by atoms with Gasteiger partial charge in [0.2, 0.25) is 5.60 Å². The summed E-state index contributed by atoms with van der Waals surface area (Å²) < 4.78 is 24.5. The van der Waals surface area contributed by atoms with Gasteiger partial charge in [-0.2, -0.15) is 0 Å². The van der Waals surface area contributed by atoms with Crippen molar-refractivity contribution in [2.24, 2.45) is 16.0 Å². The van der Waals surface area contributed by atoms with Gasteiger partial charge in [0, 0.05) is 58.8 Å². The zero-order valence-corrected chi connectivity index (χ0v) is 33.4. The van der Waals surface area contributed by atoms with E-state index in [4.69, 9.17) is 37.5 Å². The van der Waals surface area contributed by atoms with E-state index in [0.717, 1.165) is 22.1 Å². The van der Waals surface area contributed by atoms with Gasteiger partial charge in [0.25, 0.3) is 11.8 Å². The van der Waals surface area contributed by atoms with E-state index in [0.29, 0.717) is 44.7 Å². The highest BCUT2D eigenvalue weighted by atomic mass is 35.5. The number of fused-ring (bicyclic) bond motifs is 2. The molecule has 0 radical (unpaired) electrons. The molecule has 0 unspecified atom stereocenters. The van der Waals surface area contributed by atoms with E-state index in [1.165, 1.54) is 43.1 Å². The lowest BCUT2D eigenvalue weighted by molar-refractivity contribution is -0.766. The Labute approximate surface area is 343 Å². The number of β-lactam (4-membered cyclic amide) rings is 1. The van der Waals surface area contributed by atoms with Crippen LogP contribution in [0.5, 0.6) is 0 Å². The van der Waals surface area contributed by atoms with Crippen LogP contribution < -0.4 is 31.5 Å². The summed E-state index contributed by atoms with van der Waals surface area (Å²) in [6, 6.07) is 3.47. The first-order chi connectivity index (χ1) is 27.6. The number of nitrogens with zero attached hydrogens (tertiary/aromatic N) is 7. The maximum Gasteiger partial charge on any atom is 0.350 e. The minimum absolute atomic E-state index is 0.00180. The molecule has 3 aromatic rings. The number of aliphatic carboxylic acids is 2. The Morgan fingerprint density at radius 2 is 2.00 bits per heavy atom. The van der Waals surface area contributed by atoms with Crippen LogP contribution in [0.4, 0.5) is 15.3 Å². The number of nitrogens with one attached hydrogen (secondary N) is 1. The van der Waals surface area contributed by atoms with E-state index in [2.05, 4.69) is 20.6 Å². The zero-order chi connectivity index (χ0) is 41.5. The zero-order valence-electron chi connectivity index (χ0n) is 31.1. The molecule has 0 spiro atoms. The van der Waals surface area contributed by atoms with Gasteiger partial charge in [-0.05, 0) is 26.0 Å². The van der Waals surface area contributed by atoms with Crippen LogP contribution in [0, 0.1) is 5.82 Å². The molecule has 2 atom stereocenters. The maximum absolute atomic E-state index is 15.5. The second-order valence-corrected chi connectivity index (χ2v) is 16.5. The number of thiazole rings is 1. The number of amides is 2. The number of nitrogen functional groups attached to an aromatic ring is 1. The topological polar surface area (TPSA) is 256 Å². The van der Waals surface area contributed by atoms with Crippen molar-refractivity contribution in [2.75, 3.05) is 36.1 Å². The minimum atomic E-state index is -1.80. The molecular weight excluding hydrogens is 823 g/mol. The van der Waals surface area contributed by atoms with Crippen molar-refractivity contribution in [1.29, 1.82) is 0 Å². The van der Waals surface area contributed by atoms with Crippen LogP contribution in [0.25, 0.3) is 0 Å². The first-order valence-corrected chi connectivity index (χ1v) is 20.2. The number of amidine groups is 1. The van der Waals surface area contributed by atoms with Crippen LogP contribution in [-0.4, -0.2) is 104 Å². The van der Waals surface area contributed by atoms with Gasteiger partial charge in [0.15, 0.2) is 35.2 Å². The number of hydrogen-bond acceptors (Lipinski definition) is 15. The molecule has 0 aliphatic carbocycles. The average Bonchev–Trinajstić information content (AvgIpc) is 3.92. The Kier molecular flexibility index (Phi) is 11.5. The van der Waals surface area contributed by atoms with Crippen molar-refractivity contribution in [3.8, 4) is 0 Å². The summed E-state index contributed by atoms with van der Waals surface area (Å²) in [4.78, 5) is 68.7. The van der Waals surface area contributed by atoms with Gasteiger partial charge in [0.1, 0.15) is 29.0 Å². The highest BCUT2D eigenvalue weighted by molar-refractivity contribution is 8.00. The number of aromatic nitrogens is 3. The van der Waals surface area contributed by atoms with E-state index in [1.54, 1.807) is 10.9 Å². The molecule has 1 aromatic carbocycles. The third kappa shape index (κ3) is 8.13. The Bertz CT molecular complexity index is 2230. The fourth-order valence-electron chi connectivity index (χ4n) is 6.65. The number of benzene rings is 1. The number of nitrogens with two attached hydrogens (primary N) is 2. The molecule has 19 nitrogen and oxygen atoms in total. The minimum Gasteiger partial charge on any atom is -0.543 e. The third-order valence-corrected chi connectivity index (χ3v) is 12.2. The number of carbonyl (C=O) groups is 4. The Hall–Kier alpha value is -5.45. The number of oxime groups is 2. The molecule has 308 valence electrons. The van der Waals surface area contributed by atoms with Gasteiger partial charge in [0.05, 0.1) is 37.5 Å². The molecule has 6 heterocycles. The van der Waals surface area contributed by atoms with E-state index >= 15 is 4.39 Å². The number of anilines is 2. The average molecular weight is 861 g/mol. The van der Waals surface area contributed by atoms with Crippen LogP contribution in [0.2, 0.25) is 5.02 Å². The fourth-order valence-corrected chi connectivity index (χ4v) is 8.80. The fraction of sp³-hybridized carbons (Fsp3) is 0.429. The molecule has 4 aliphatic heterocycles. The summed E-state index contributed by atoms with van der Waals surface area (Å²) in [5.41, 5.74) is 10.2. The SMILES string of the molecule is CC(C)(O/N=C(\C(=O)N[C@@H]1C(=O)N2C(C(=O)[O-])=C(C[n+]3ccc4n3CCN4Cc3c(F)cc(C(N)=NOC4CCOCC4)cc3Cl)CS[C@H]12)c1csc(N)n1)C(=O)O. The van der Waals surface area contributed by atoms with Gasteiger partial charge in [-0.15, -0.1) is 32.5 Å². The second-order valence-electron chi connectivity index (χ2n) is 14.1. The molecule has 4 aliphatic rings. The molecule has 2 saturated heterocycles. The molecule has 0 bridgehead atoms. The molecular formula is C35H38ClFN10O9S2. The Morgan fingerprint density at radius 1 is 1.24 bits per heavy atom. The number of thioether (sulfide) groups is 1. The van der Waals surface area contributed by atoms with Gasteiger partial charge >= 0.3 is 5.97 Å². The first kappa shape index (κ1) is 40.7. The molecule has 2 fully saturated rings. The Balaban J connectivity index is 1.03. The molecule has 0 saturated carbocycles. The lowest BCUT2D eigenvalue weighted by atomic mass is 10.0. The van der Waals surface area contributed by atoms with Gasteiger partial charge < -0.3 is 51.1 Å². The number of halogens is 2. The standard InChI is InChI=1S/C35H38ClFN10O9S2/c1-35(2,33(52)53)56-42-25(23-16-58-34(39)40-23)29(48)41-26-30(49)47-27(32(50)51)18(15-57-31(26)47)13-45-6-3-24-44(7-8-46(24)45)14-20-21(36)11-17(12-22(20)37)28(38)43-55-19-4-9-54-10-5-19/h3,6,11-12,16,19,26,31H,4-5,7-10,13-15H2,1-2H3,(H6-,38,39,40,41,43,48,50,51,52,53)/b42-25-/t26-,31-/m1/s1. The lowest BCUT2D eigenvalue weighted by Gasteiger charge is -2.50. The summed E-state index contributed by atoms with van der Waals surface area (Å²) in [6.07, 6.45) is 2.98. The normalized spacial score (nSPS) is 20.1. The summed E-state index contributed by atoms with van der Waals surface area (Å²) >= 11 is 8.81. The number of carbonyl (C=O) groups excluding carboxylic acids is 3. The van der Waals surface area contributed by atoms with Crippen molar-refractivity contribution in [1.82, 2.24) is 19.9 Å². The summed E-state index contributed by atoms with van der Waals surface area (Å²) in [7, 11) is 0. The van der Waals surface area contributed by atoms with Gasteiger partial charge in [-0.1, -0.05) is 21.9 Å². The smallest absolute Gasteiger partial charge is 0.350 e. The molecule has 2 amide bonds. The van der Waals surface area contributed by atoms with Crippen molar-refractivity contribution in [2.45, 2.75) is 69.4 Å². The van der Waals surface area contributed by atoms with E-state index in [1.807, 2.05) is 15.6 Å². The quantitative estimate of drug-likeness (QED) is 0.0553. The van der Waals surface area contributed by atoms with Crippen molar-refractivity contribution in [3.05, 3.63) is 68.7 Å².